The van der Waals surface area contributed by atoms with Gasteiger partial charge in [0.15, 0.2) is 0 Å². The first-order chi connectivity index (χ1) is 9.59. The van der Waals surface area contributed by atoms with Gasteiger partial charge in [0, 0.05) is 24.0 Å². The fraction of sp³-hybridized carbons (Fsp3) is 0.375. The molecule has 20 heavy (non-hydrogen) atoms. The molecule has 3 rings (SSSR count). The molecule has 0 bridgehead atoms. The molecule has 0 aromatic heterocycles. The van der Waals surface area contributed by atoms with Gasteiger partial charge in [-0.25, -0.2) is 0 Å². The highest BCUT2D eigenvalue weighted by atomic mass is 16.6. The third kappa shape index (κ3) is 2.54. The highest BCUT2D eigenvalue weighted by molar-refractivity contribution is 6.61. The Kier molecular flexibility index (Phi) is 3.44. The van der Waals surface area contributed by atoms with Gasteiger partial charge in [-0.3, -0.25) is 0 Å². The quantitative estimate of drug-likeness (QED) is 0.785. The van der Waals surface area contributed by atoms with E-state index in [1.807, 2.05) is 18.2 Å². The Morgan fingerprint density at radius 2 is 1.85 bits per heavy atom. The first-order valence-corrected chi connectivity index (χ1v) is 6.89. The van der Waals surface area contributed by atoms with Crippen molar-refractivity contribution in [3.8, 4) is 5.75 Å². The average Bonchev–Trinajstić information content (AvgIpc) is 2.46. The van der Waals surface area contributed by atoms with Gasteiger partial charge in [-0.1, -0.05) is 44.2 Å². The summed E-state index contributed by atoms with van der Waals surface area (Å²) in [7, 11) is 1.43. The number of fused-ring (bicyclic) bond motifs is 1. The van der Waals surface area contributed by atoms with E-state index in [0.29, 0.717) is 13.2 Å². The molecule has 1 saturated heterocycles. The Morgan fingerprint density at radius 1 is 1.10 bits per heavy atom. The van der Waals surface area contributed by atoms with Crippen LogP contribution in [-0.2, 0) is 9.31 Å². The van der Waals surface area contributed by atoms with Gasteiger partial charge in [0.05, 0.1) is 7.11 Å². The summed E-state index contributed by atoms with van der Waals surface area (Å²) in [6.07, 6.45) is 0. The van der Waals surface area contributed by atoms with Crippen molar-refractivity contribution in [1.29, 1.82) is 0 Å². The number of ether oxygens (including phenoxy) is 1. The molecule has 3 nitrogen and oxygen atoms in total. The lowest BCUT2D eigenvalue weighted by molar-refractivity contribution is 0.0343. The molecule has 1 fully saturated rings. The van der Waals surface area contributed by atoms with Crippen molar-refractivity contribution in [3.05, 3.63) is 36.4 Å². The second-order valence-corrected chi connectivity index (χ2v) is 6.06. The zero-order valence-electron chi connectivity index (χ0n) is 12.2. The summed E-state index contributed by atoms with van der Waals surface area (Å²) in [6, 6.07) is 12.3. The molecule has 0 saturated carbocycles. The molecular weight excluding hydrogens is 251 g/mol. The summed E-state index contributed by atoms with van der Waals surface area (Å²) in [4.78, 5) is 0. The lowest BCUT2D eigenvalue weighted by atomic mass is 9.75. The minimum Gasteiger partial charge on any atom is -0.496 e. The zero-order valence-corrected chi connectivity index (χ0v) is 12.2. The molecule has 0 radical (unpaired) electrons. The number of hydrogen-bond acceptors (Lipinski definition) is 3. The topological polar surface area (TPSA) is 27.7 Å². The maximum Gasteiger partial charge on any atom is 0.493 e. The second kappa shape index (κ2) is 5.11. The van der Waals surface area contributed by atoms with Crippen molar-refractivity contribution in [2.45, 2.75) is 13.8 Å². The van der Waals surface area contributed by atoms with Gasteiger partial charge in [0.2, 0.25) is 0 Å². The first-order valence-electron chi connectivity index (χ1n) is 6.89. The molecule has 0 spiro atoms. The lowest BCUT2D eigenvalue weighted by Crippen LogP contribution is -2.47. The maximum absolute atomic E-state index is 5.83. The van der Waals surface area contributed by atoms with Gasteiger partial charge < -0.3 is 14.0 Å². The third-order valence-electron chi connectivity index (χ3n) is 3.61. The Morgan fingerprint density at radius 3 is 2.55 bits per heavy atom. The first kappa shape index (κ1) is 13.5. The van der Waals surface area contributed by atoms with Gasteiger partial charge >= 0.3 is 7.12 Å². The van der Waals surface area contributed by atoms with E-state index in [1.165, 1.54) is 0 Å². The molecule has 2 aromatic carbocycles. The summed E-state index contributed by atoms with van der Waals surface area (Å²) in [5.74, 6) is 0.890. The third-order valence-corrected chi connectivity index (χ3v) is 3.61. The van der Waals surface area contributed by atoms with Crippen molar-refractivity contribution in [2.75, 3.05) is 20.3 Å². The average molecular weight is 270 g/mol. The standard InChI is InChI=1S/C16H19BO3/c1-16(2)10-19-17(20-11-16)13-7-8-14-12(9-13)5-4-6-15(14)18-3/h4-9H,10-11H2,1-3H3. The molecule has 4 heteroatoms. The van der Waals surface area contributed by atoms with Gasteiger partial charge in [-0.05, 0) is 16.9 Å². The van der Waals surface area contributed by atoms with E-state index in [4.69, 9.17) is 14.0 Å². The van der Waals surface area contributed by atoms with Gasteiger partial charge in [0.1, 0.15) is 5.75 Å². The molecule has 2 aromatic rings. The minimum atomic E-state index is -0.265. The van der Waals surface area contributed by atoms with E-state index in [9.17, 15) is 0 Å². The van der Waals surface area contributed by atoms with Gasteiger partial charge in [0.25, 0.3) is 0 Å². The number of methoxy groups -OCH3 is 1. The molecule has 1 heterocycles. The van der Waals surface area contributed by atoms with E-state index in [-0.39, 0.29) is 12.5 Å². The molecule has 0 atom stereocenters. The van der Waals surface area contributed by atoms with Crippen LogP contribution in [0.15, 0.2) is 36.4 Å². The Labute approximate surface area is 120 Å². The van der Waals surface area contributed by atoms with Crippen LogP contribution in [0.5, 0.6) is 5.75 Å². The van der Waals surface area contributed by atoms with E-state index < -0.39 is 0 Å². The summed E-state index contributed by atoms with van der Waals surface area (Å²) in [6.45, 7) is 5.73. The van der Waals surface area contributed by atoms with Crippen LogP contribution in [-0.4, -0.2) is 27.4 Å². The van der Waals surface area contributed by atoms with Crippen LogP contribution in [0.2, 0.25) is 0 Å². The van der Waals surface area contributed by atoms with Crippen molar-refractivity contribution < 1.29 is 14.0 Å². The predicted molar refractivity (Wildman–Crippen MR) is 81.6 cm³/mol. The van der Waals surface area contributed by atoms with E-state index >= 15 is 0 Å². The van der Waals surface area contributed by atoms with Crippen LogP contribution < -0.4 is 10.2 Å². The fourth-order valence-corrected chi connectivity index (χ4v) is 2.48. The Balaban J connectivity index is 1.90. The molecule has 0 aliphatic carbocycles. The Hall–Kier alpha value is -1.52. The SMILES string of the molecule is COc1cccc2cc(B3OCC(C)(C)CO3)ccc12. The number of hydrogen-bond donors (Lipinski definition) is 0. The van der Waals surface area contributed by atoms with Gasteiger partial charge in [-0.15, -0.1) is 0 Å². The number of rotatable bonds is 2. The van der Waals surface area contributed by atoms with Gasteiger partial charge in [-0.2, -0.15) is 0 Å². The molecule has 1 aliphatic rings. The Bertz CT molecular complexity index is 614. The largest absolute Gasteiger partial charge is 0.496 e. The zero-order chi connectivity index (χ0) is 14.2. The van der Waals surface area contributed by atoms with Crippen LogP contribution in [0.3, 0.4) is 0 Å². The molecule has 0 unspecified atom stereocenters. The second-order valence-electron chi connectivity index (χ2n) is 6.06. The molecule has 104 valence electrons. The van der Waals surface area contributed by atoms with Crippen molar-refractivity contribution in [3.63, 3.8) is 0 Å². The van der Waals surface area contributed by atoms with E-state index in [2.05, 4.69) is 32.0 Å². The maximum atomic E-state index is 5.83. The predicted octanol–water partition coefficient (Wildman–Crippen LogP) is 2.62. The fourth-order valence-electron chi connectivity index (χ4n) is 2.48. The summed E-state index contributed by atoms with van der Waals surface area (Å²) in [5.41, 5.74) is 1.15. The van der Waals surface area contributed by atoms with Crippen molar-refractivity contribution >= 4 is 23.4 Å². The van der Waals surface area contributed by atoms with Crippen LogP contribution in [0.25, 0.3) is 10.8 Å². The molecular formula is C16H19BO3. The van der Waals surface area contributed by atoms with E-state index in [0.717, 1.165) is 22.0 Å². The monoisotopic (exact) mass is 270 g/mol. The molecule has 0 N–H and O–H groups in total. The lowest BCUT2D eigenvalue weighted by Gasteiger charge is -2.33. The highest BCUT2D eigenvalue weighted by Gasteiger charge is 2.33. The summed E-state index contributed by atoms with van der Waals surface area (Å²) >= 11 is 0. The van der Waals surface area contributed by atoms with Crippen LogP contribution in [0, 0.1) is 5.41 Å². The summed E-state index contributed by atoms with van der Waals surface area (Å²) in [5, 5.41) is 2.24. The molecule has 1 aliphatic heterocycles. The summed E-state index contributed by atoms with van der Waals surface area (Å²) < 4.78 is 17.0. The van der Waals surface area contributed by atoms with Crippen molar-refractivity contribution in [2.24, 2.45) is 5.41 Å². The van der Waals surface area contributed by atoms with Crippen LogP contribution in [0.1, 0.15) is 13.8 Å². The van der Waals surface area contributed by atoms with Crippen LogP contribution >= 0.6 is 0 Å². The minimum absolute atomic E-state index is 0.0938. The van der Waals surface area contributed by atoms with Crippen LogP contribution in [0.4, 0.5) is 0 Å². The molecule has 0 amide bonds. The van der Waals surface area contributed by atoms with Crippen molar-refractivity contribution in [1.82, 2.24) is 0 Å². The smallest absolute Gasteiger partial charge is 0.493 e. The normalized spacial score (nSPS) is 18.2. The number of benzene rings is 2. The van der Waals surface area contributed by atoms with E-state index in [1.54, 1.807) is 7.11 Å². The highest BCUT2D eigenvalue weighted by Crippen LogP contribution is 2.25.